The number of nitrogens with one attached hydrogen (secondary N) is 2. The Morgan fingerprint density at radius 1 is 1.09 bits per heavy atom. The Morgan fingerprint density at radius 2 is 1.87 bits per heavy atom. The predicted molar refractivity (Wildman–Crippen MR) is 95.4 cm³/mol. The van der Waals surface area contributed by atoms with E-state index in [1.54, 1.807) is 12.1 Å². The molecule has 1 aliphatic heterocycles. The van der Waals surface area contributed by atoms with Crippen LogP contribution in [-0.2, 0) is 0 Å². The quantitative estimate of drug-likeness (QED) is 0.625. The topological polar surface area (TPSA) is 57.2 Å². The SMILES string of the molecule is Oc1cc2c(NC3CCNCC3)c3ccccc3nc2cc1Cl. The maximum absolute atomic E-state index is 10.0. The van der Waals surface area contributed by atoms with E-state index < -0.39 is 0 Å². The molecule has 4 rings (SSSR count). The number of rotatable bonds is 2. The van der Waals surface area contributed by atoms with Gasteiger partial charge in [0.1, 0.15) is 5.75 Å². The standard InChI is InChI=1S/C18H18ClN3O/c19-14-10-16-13(9-17(14)23)18(21-11-5-7-20-8-6-11)12-3-1-2-4-15(12)22-16/h1-4,9-11,20,23H,5-8H2,(H,21,22). The summed E-state index contributed by atoms with van der Waals surface area (Å²) in [4.78, 5) is 4.69. The van der Waals surface area contributed by atoms with Crippen LogP contribution < -0.4 is 10.6 Å². The summed E-state index contributed by atoms with van der Waals surface area (Å²) in [5.74, 6) is 0.0876. The molecule has 1 aromatic heterocycles. The summed E-state index contributed by atoms with van der Waals surface area (Å²) in [7, 11) is 0. The third-order valence-electron chi connectivity index (χ3n) is 4.44. The first-order valence-electron chi connectivity index (χ1n) is 7.90. The van der Waals surface area contributed by atoms with Crippen molar-refractivity contribution in [3.63, 3.8) is 0 Å². The Kier molecular flexibility index (Phi) is 3.71. The molecular formula is C18H18ClN3O. The number of halogens is 1. The molecule has 23 heavy (non-hydrogen) atoms. The monoisotopic (exact) mass is 327 g/mol. The van der Waals surface area contributed by atoms with Crippen molar-refractivity contribution in [3.8, 4) is 5.75 Å². The number of para-hydroxylation sites is 1. The van der Waals surface area contributed by atoms with Crippen molar-refractivity contribution in [1.29, 1.82) is 0 Å². The van der Waals surface area contributed by atoms with Crippen molar-refractivity contribution in [2.75, 3.05) is 18.4 Å². The molecule has 0 aliphatic carbocycles. The summed E-state index contributed by atoms with van der Waals surface area (Å²) < 4.78 is 0. The molecule has 1 saturated heterocycles. The summed E-state index contributed by atoms with van der Waals surface area (Å²) in [6, 6.07) is 11.9. The minimum Gasteiger partial charge on any atom is -0.506 e. The fourth-order valence-electron chi connectivity index (χ4n) is 3.23. The number of phenolic OH excluding ortho intramolecular Hbond substituents is 1. The highest BCUT2D eigenvalue weighted by atomic mass is 35.5. The molecule has 1 aliphatic rings. The van der Waals surface area contributed by atoms with Crippen LogP contribution in [0.2, 0.25) is 5.02 Å². The van der Waals surface area contributed by atoms with Crippen molar-refractivity contribution < 1.29 is 5.11 Å². The molecule has 0 radical (unpaired) electrons. The highest BCUT2D eigenvalue weighted by Gasteiger charge is 2.17. The van der Waals surface area contributed by atoms with Gasteiger partial charge in [-0.05, 0) is 44.1 Å². The maximum atomic E-state index is 10.0. The minimum absolute atomic E-state index is 0.0876. The molecule has 5 heteroatoms. The third kappa shape index (κ3) is 2.69. The largest absolute Gasteiger partial charge is 0.506 e. The van der Waals surface area contributed by atoms with Crippen LogP contribution in [0.25, 0.3) is 21.8 Å². The van der Waals surface area contributed by atoms with E-state index in [9.17, 15) is 5.11 Å². The molecule has 118 valence electrons. The Morgan fingerprint density at radius 3 is 2.70 bits per heavy atom. The maximum Gasteiger partial charge on any atom is 0.135 e. The predicted octanol–water partition coefficient (Wildman–Crippen LogP) is 3.91. The van der Waals surface area contributed by atoms with Crippen molar-refractivity contribution in [1.82, 2.24) is 10.3 Å². The number of fused-ring (bicyclic) bond motifs is 2. The first-order valence-corrected chi connectivity index (χ1v) is 8.28. The summed E-state index contributed by atoms with van der Waals surface area (Å²) in [6.07, 6.45) is 2.16. The molecule has 0 bridgehead atoms. The lowest BCUT2D eigenvalue weighted by atomic mass is 10.0. The average molecular weight is 328 g/mol. The second-order valence-electron chi connectivity index (χ2n) is 5.99. The highest BCUT2D eigenvalue weighted by molar-refractivity contribution is 6.33. The Labute approximate surface area is 139 Å². The molecular weight excluding hydrogens is 310 g/mol. The van der Waals surface area contributed by atoms with Crippen molar-refractivity contribution in [2.45, 2.75) is 18.9 Å². The number of hydrogen-bond donors (Lipinski definition) is 3. The van der Waals surface area contributed by atoms with Crippen molar-refractivity contribution >= 4 is 39.1 Å². The van der Waals surface area contributed by atoms with E-state index in [-0.39, 0.29) is 5.75 Å². The van der Waals surface area contributed by atoms with Crippen molar-refractivity contribution in [3.05, 3.63) is 41.4 Å². The van der Waals surface area contributed by atoms with Crippen LogP contribution in [0.5, 0.6) is 5.75 Å². The number of anilines is 1. The molecule has 0 spiro atoms. The lowest BCUT2D eigenvalue weighted by Crippen LogP contribution is -2.35. The van der Waals surface area contributed by atoms with Gasteiger partial charge in [0, 0.05) is 16.8 Å². The van der Waals surface area contributed by atoms with Gasteiger partial charge in [-0.15, -0.1) is 0 Å². The summed E-state index contributed by atoms with van der Waals surface area (Å²) in [5.41, 5.74) is 2.76. The number of benzene rings is 2. The van der Waals surface area contributed by atoms with Crippen LogP contribution in [0.15, 0.2) is 36.4 Å². The number of nitrogens with zero attached hydrogens (tertiary/aromatic N) is 1. The van der Waals surface area contributed by atoms with Crippen LogP contribution in [0.4, 0.5) is 5.69 Å². The Hall–Kier alpha value is -2.04. The zero-order valence-electron chi connectivity index (χ0n) is 12.6. The van der Waals surface area contributed by atoms with E-state index in [0.717, 1.165) is 53.4 Å². The van der Waals surface area contributed by atoms with Gasteiger partial charge in [-0.25, -0.2) is 4.98 Å². The Balaban J connectivity index is 1.93. The highest BCUT2D eigenvalue weighted by Crippen LogP contribution is 2.36. The number of phenols is 1. The van der Waals surface area contributed by atoms with Gasteiger partial charge >= 0.3 is 0 Å². The molecule has 1 fully saturated rings. The molecule has 2 heterocycles. The van der Waals surface area contributed by atoms with Gasteiger partial charge in [0.25, 0.3) is 0 Å². The molecule has 0 atom stereocenters. The first-order chi connectivity index (χ1) is 11.2. The summed E-state index contributed by atoms with van der Waals surface area (Å²) in [6.45, 7) is 2.05. The van der Waals surface area contributed by atoms with Crippen LogP contribution >= 0.6 is 11.6 Å². The second-order valence-corrected chi connectivity index (χ2v) is 6.40. The molecule has 3 aromatic rings. The van der Waals surface area contributed by atoms with Gasteiger partial charge in [0.05, 0.1) is 21.7 Å². The number of hydrogen-bond acceptors (Lipinski definition) is 4. The van der Waals surface area contributed by atoms with E-state index in [1.165, 1.54) is 0 Å². The second kappa shape index (κ2) is 5.87. The lowest BCUT2D eigenvalue weighted by molar-refractivity contribution is 0.476. The lowest BCUT2D eigenvalue weighted by Gasteiger charge is -2.26. The van der Waals surface area contributed by atoms with E-state index in [1.807, 2.05) is 18.2 Å². The van der Waals surface area contributed by atoms with Gasteiger partial charge in [0.2, 0.25) is 0 Å². The molecule has 0 amide bonds. The fraction of sp³-hybridized carbons (Fsp3) is 0.278. The van der Waals surface area contributed by atoms with Crippen LogP contribution in [-0.4, -0.2) is 29.2 Å². The molecule has 0 unspecified atom stereocenters. The number of pyridine rings is 1. The average Bonchev–Trinajstić information content (AvgIpc) is 2.57. The molecule has 4 nitrogen and oxygen atoms in total. The van der Waals surface area contributed by atoms with Gasteiger partial charge in [-0.3, -0.25) is 0 Å². The number of aromatic nitrogens is 1. The van der Waals surface area contributed by atoms with Gasteiger partial charge in [-0.1, -0.05) is 29.8 Å². The van der Waals surface area contributed by atoms with Crippen LogP contribution in [0.1, 0.15) is 12.8 Å². The van der Waals surface area contributed by atoms with Crippen LogP contribution in [0, 0.1) is 0 Å². The van der Waals surface area contributed by atoms with E-state index in [2.05, 4.69) is 21.7 Å². The van der Waals surface area contributed by atoms with E-state index in [0.29, 0.717) is 11.1 Å². The third-order valence-corrected chi connectivity index (χ3v) is 4.74. The van der Waals surface area contributed by atoms with Crippen LogP contribution in [0.3, 0.4) is 0 Å². The van der Waals surface area contributed by atoms with Gasteiger partial charge < -0.3 is 15.7 Å². The van der Waals surface area contributed by atoms with Gasteiger partial charge in [-0.2, -0.15) is 0 Å². The fourth-order valence-corrected chi connectivity index (χ4v) is 3.39. The Bertz CT molecular complexity index is 875. The molecule has 3 N–H and O–H groups in total. The summed E-state index contributed by atoms with van der Waals surface area (Å²) in [5, 5.41) is 19.4. The zero-order chi connectivity index (χ0) is 15.8. The smallest absolute Gasteiger partial charge is 0.135 e. The zero-order valence-corrected chi connectivity index (χ0v) is 13.4. The van der Waals surface area contributed by atoms with E-state index >= 15 is 0 Å². The minimum atomic E-state index is 0.0876. The first kappa shape index (κ1) is 14.5. The number of aromatic hydroxyl groups is 1. The normalized spacial score (nSPS) is 16.0. The molecule has 0 saturated carbocycles. The van der Waals surface area contributed by atoms with Gasteiger partial charge in [0.15, 0.2) is 0 Å². The summed E-state index contributed by atoms with van der Waals surface area (Å²) >= 11 is 6.06. The number of piperidine rings is 1. The van der Waals surface area contributed by atoms with Crippen molar-refractivity contribution in [2.24, 2.45) is 0 Å². The van der Waals surface area contributed by atoms with E-state index in [4.69, 9.17) is 11.6 Å². The molecule has 2 aromatic carbocycles.